The first-order chi connectivity index (χ1) is 16.7. The van der Waals surface area contributed by atoms with Crippen LogP contribution in [-0.4, -0.2) is 32.0 Å². The summed E-state index contributed by atoms with van der Waals surface area (Å²) in [6, 6.07) is 13.4. The highest BCUT2D eigenvalue weighted by Gasteiger charge is 2.25. The monoisotopic (exact) mass is 488 g/mol. The molecule has 0 aliphatic heterocycles. The van der Waals surface area contributed by atoms with Crippen LogP contribution in [0.25, 0.3) is 39.3 Å². The number of aromatic nitrogens is 4. The van der Waals surface area contributed by atoms with E-state index in [9.17, 15) is 26.3 Å². The van der Waals surface area contributed by atoms with Gasteiger partial charge >= 0.3 is 6.18 Å². The van der Waals surface area contributed by atoms with Crippen LogP contribution in [0.15, 0.2) is 73.2 Å². The number of hydrogen-bond donors (Lipinski definition) is 1. The van der Waals surface area contributed by atoms with Crippen molar-refractivity contribution >= 4 is 11.9 Å². The van der Waals surface area contributed by atoms with Gasteiger partial charge in [0.15, 0.2) is 0 Å². The third-order valence-electron chi connectivity index (χ3n) is 4.89. The van der Waals surface area contributed by atoms with E-state index in [4.69, 9.17) is 4.79 Å². The Kier molecular flexibility index (Phi) is 6.41. The number of carbonyl (C=O) groups excluding carboxylic acids is 1. The second kappa shape index (κ2) is 9.45. The number of H-pyrrole nitrogens is 1. The molecule has 0 unspecified atom stereocenters. The zero-order valence-corrected chi connectivity index (χ0v) is 17.5. The number of aromatic amines is 1. The van der Waals surface area contributed by atoms with Crippen molar-refractivity contribution in [2.75, 3.05) is 0 Å². The minimum absolute atomic E-state index is 0.363. The van der Waals surface area contributed by atoms with Gasteiger partial charge in [0.25, 0.3) is 0 Å². The minimum atomic E-state index is -4.64. The van der Waals surface area contributed by atoms with Gasteiger partial charge in [-0.25, -0.2) is 18.2 Å². The van der Waals surface area contributed by atoms with Gasteiger partial charge in [0.05, 0.1) is 23.8 Å². The third kappa shape index (κ3) is 5.24. The van der Waals surface area contributed by atoms with Crippen LogP contribution in [0, 0.1) is 17.5 Å². The molecule has 5 aromatic rings. The van der Waals surface area contributed by atoms with E-state index in [-0.39, 0.29) is 5.82 Å². The quantitative estimate of drug-likeness (QED) is 0.242. The Balaban J connectivity index is 0.000000431. The first-order valence-electron chi connectivity index (χ1n) is 9.91. The largest absolute Gasteiger partial charge is 0.446 e. The maximum absolute atomic E-state index is 14.3. The summed E-state index contributed by atoms with van der Waals surface area (Å²) in [6.07, 6.45) is -0.745. The molecule has 0 atom stereocenters. The lowest BCUT2D eigenvalue weighted by molar-refractivity contribution is -0.156. The number of nitrogens with one attached hydrogen (secondary N) is 1. The lowest BCUT2D eigenvalue weighted by Crippen LogP contribution is -2.07. The van der Waals surface area contributed by atoms with E-state index in [2.05, 4.69) is 15.2 Å². The zero-order chi connectivity index (χ0) is 25.2. The fourth-order valence-electron chi connectivity index (χ4n) is 3.43. The molecule has 0 fully saturated rings. The topological polar surface area (TPSA) is 63.1 Å². The molecule has 1 N–H and O–H groups in total. The second-order valence-electron chi connectivity index (χ2n) is 7.25. The molecule has 11 heteroatoms. The van der Waals surface area contributed by atoms with Gasteiger partial charge in [0.2, 0.25) is 6.29 Å². The molecule has 3 aromatic heterocycles. The Morgan fingerprint density at radius 1 is 0.857 bits per heavy atom. The van der Waals surface area contributed by atoms with E-state index in [1.807, 2.05) is 6.07 Å². The van der Waals surface area contributed by atoms with Crippen molar-refractivity contribution in [3.8, 4) is 33.6 Å². The number of imidazole rings is 1. The molecule has 178 valence electrons. The molecular formula is C24H14F6N4O. The van der Waals surface area contributed by atoms with Crippen LogP contribution in [0.1, 0.15) is 0 Å². The summed E-state index contributed by atoms with van der Waals surface area (Å²) in [5.74, 6) is -1.69. The van der Waals surface area contributed by atoms with Crippen LogP contribution in [-0.2, 0) is 4.79 Å². The van der Waals surface area contributed by atoms with E-state index in [1.54, 1.807) is 47.3 Å². The van der Waals surface area contributed by atoms with Crippen molar-refractivity contribution in [1.29, 1.82) is 0 Å². The Morgan fingerprint density at radius 2 is 1.54 bits per heavy atom. The molecule has 0 amide bonds. The van der Waals surface area contributed by atoms with Crippen molar-refractivity contribution in [2.24, 2.45) is 0 Å². The number of pyridine rings is 1. The summed E-state index contributed by atoms with van der Waals surface area (Å²) in [5, 5.41) is 6.92. The van der Waals surface area contributed by atoms with E-state index in [0.717, 1.165) is 11.6 Å². The van der Waals surface area contributed by atoms with Crippen molar-refractivity contribution in [1.82, 2.24) is 19.6 Å². The predicted octanol–water partition coefficient (Wildman–Crippen LogP) is 6.22. The smallest absolute Gasteiger partial charge is 0.299 e. The average molecular weight is 488 g/mol. The van der Waals surface area contributed by atoms with Crippen LogP contribution in [0.2, 0.25) is 0 Å². The second-order valence-corrected chi connectivity index (χ2v) is 7.25. The lowest BCUT2D eigenvalue weighted by atomic mass is 10.0. The summed E-state index contributed by atoms with van der Waals surface area (Å²) >= 11 is 0. The Hall–Kier alpha value is -4.41. The summed E-state index contributed by atoms with van der Waals surface area (Å²) in [6.45, 7) is 0. The maximum Gasteiger partial charge on any atom is 0.446 e. The fourth-order valence-corrected chi connectivity index (χ4v) is 3.43. The van der Waals surface area contributed by atoms with Gasteiger partial charge in [-0.2, -0.15) is 18.3 Å². The van der Waals surface area contributed by atoms with E-state index in [1.165, 1.54) is 18.2 Å². The number of aldehydes is 1. The molecule has 3 heterocycles. The van der Waals surface area contributed by atoms with Crippen molar-refractivity contribution in [3.63, 3.8) is 0 Å². The van der Waals surface area contributed by atoms with Crippen LogP contribution in [0.5, 0.6) is 0 Å². The van der Waals surface area contributed by atoms with Crippen molar-refractivity contribution in [2.45, 2.75) is 6.18 Å². The molecular weight excluding hydrogens is 474 g/mol. The summed E-state index contributed by atoms with van der Waals surface area (Å²) in [7, 11) is 0. The molecule has 0 aliphatic rings. The third-order valence-corrected chi connectivity index (χ3v) is 4.89. The van der Waals surface area contributed by atoms with Crippen LogP contribution in [0.3, 0.4) is 0 Å². The molecule has 2 aromatic carbocycles. The zero-order valence-electron chi connectivity index (χ0n) is 17.5. The van der Waals surface area contributed by atoms with Gasteiger partial charge in [-0.1, -0.05) is 12.1 Å². The number of alkyl halides is 3. The normalized spacial score (nSPS) is 11.3. The lowest BCUT2D eigenvalue weighted by Gasteiger charge is -2.08. The molecule has 0 spiro atoms. The Bertz CT molecular complexity index is 1490. The average Bonchev–Trinajstić information content (AvgIpc) is 3.45. The fraction of sp³-hybridized carbons (Fsp3) is 0.0417. The van der Waals surface area contributed by atoms with Crippen molar-refractivity contribution in [3.05, 3.63) is 90.6 Å². The van der Waals surface area contributed by atoms with Gasteiger partial charge in [0.1, 0.15) is 23.1 Å². The molecule has 0 radical (unpaired) electrons. The Morgan fingerprint density at radius 3 is 2.20 bits per heavy atom. The molecule has 0 saturated carbocycles. The molecule has 0 bridgehead atoms. The first kappa shape index (κ1) is 23.7. The van der Waals surface area contributed by atoms with Gasteiger partial charge in [0, 0.05) is 34.5 Å². The number of fused-ring (bicyclic) bond motifs is 1. The van der Waals surface area contributed by atoms with Gasteiger partial charge in [-0.15, -0.1) is 0 Å². The number of benzene rings is 2. The number of hydrogen-bond acceptors (Lipinski definition) is 3. The highest BCUT2D eigenvalue weighted by atomic mass is 19.4. The number of nitrogens with zero attached hydrogens (tertiary/aromatic N) is 3. The van der Waals surface area contributed by atoms with Gasteiger partial charge in [-0.3, -0.25) is 14.3 Å². The SMILES string of the molecule is Fc1cc(F)cc(-c2cnc3ccc(-c4cn[nH]c4-c4ccccc4F)cn23)c1.O=CC(F)(F)F. The minimum Gasteiger partial charge on any atom is -0.299 e. The van der Waals surface area contributed by atoms with E-state index in [0.29, 0.717) is 33.7 Å². The highest BCUT2D eigenvalue weighted by molar-refractivity contribution is 5.81. The Labute approximate surface area is 193 Å². The summed E-state index contributed by atoms with van der Waals surface area (Å²) < 4.78 is 74.6. The predicted molar refractivity (Wildman–Crippen MR) is 116 cm³/mol. The maximum atomic E-state index is 14.3. The molecule has 0 saturated heterocycles. The standard InChI is InChI=1S/C22H13F3N4.C2HF3O/c23-15-7-14(8-16(24)9-15)20-11-26-21-6-5-13(12-29(20)21)18-10-27-28-22(18)17-3-1-2-4-19(17)25;3-2(4,5)1-6/h1-12H,(H,27,28);1H. The van der Waals surface area contributed by atoms with E-state index >= 15 is 0 Å². The number of halogens is 6. The summed E-state index contributed by atoms with van der Waals surface area (Å²) in [4.78, 5) is 13.0. The van der Waals surface area contributed by atoms with Gasteiger partial charge < -0.3 is 0 Å². The molecule has 0 aliphatic carbocycles. The van der Waals surface area contributed by atoms with Crippen LogP contribution < -0.4 is 0 Å². The number of carbonyl (C=O) groups is 1. The van der Waals surface area contributed by atoms with E-state index < -0.39 is 24.1 Å². The highest BCUT2D eigenvalue weighted by Crippen LogP contribution is 2.33. The first-order valence-corrected chi connectivity index (χ1v) is 9.91. The summed E-state index contributed by atoms with van der Waals surface area (Å²) in [5.41, 5.74) is 3.91. The molecule has 35 heavy (non-hydrogen) atoms. The van der Waals surface area contributed by atoms with Crippen LogP contribution >= 0.6 is 0 Å². The molecule has 5 rings (SSSR count). The van der Waals surface area contributed by atoms with Crippen molar-refractivity contribution < 1.29 is 31.1 Å². The van der Waals surface area contributed by atoms with Crippen LogP contribution in [0.4, 0.5) is 26.3 Å². The molecule has 5 nitrogen and oxygen atoms in total. The number of rotatable bonds is 3. The van der Waals surface area contributed by atoms with Gasteiger partial charge in [-0.05, 0) is 36.4 Å².